The second kappa shape index (κ2) is 5.49. The van der Waals surface area contributed by atoms with Gasteiger partial charge in [-0.1, -0.05) is 6.07 Å². The second-order valence-electron chi connectivity index (χ2n) is 3.79. The lowest BCUT2D eigenvalue weighted by Crippen LogP contribution is -2.29. The molecule has 0 aliphatic carbocycles. The van der Waals surface area contributed by atoms with Gasteiger partial charge in [-0.05, 0) is 43.3 Å². The van der Waals surface area contributed by atoms with Crippen LogP contribution in [0.3, 0.4) is 0 Å². The lowest BCUT2D eigenvalue weighted by molar-refractivity contribution is 0.0779. The molecule has 0 spiro atoms. The van der Waals surface area contributed by atoms with Crippen LogP contribution < -0.4 is 5.32 Å². The molecule has 1 aromatic rings. The molecule has 1 saturated heterocycles. The molecule has 2 rings (SSSR count). The summed E-state index contributed by atoms with van der Waals surface area (Å²) in [5, 5.41) is 5.47. The summed E-state index contributed by atoms with van der Waals surface area (Å²) in [6, 6.07) is 4.21. The molecular formula is C11H17NOS. The monoisotopic (exact) mass is 211 g/mol. The highest BCUT2D eigenvalue weighted by Crippen LogP contribution is 2.14. The molecule has 1 aromatic heterocycles. The Morgan fingerprint density at radius 2 is 2.29 bits per heavy atom. The fourth-order valence-electron chi connectivity index (χ4n) is 1.77. The summed E-state index contributed by atoms with van der Waals surface area (Å²) in [6.45, 7) is 4.04. The van der Waals surface area contributed by atoms with Crippen molar-refractivity contribution in [3.63, 3.8) is 0 Å². The van der Waals surface area contributed by atoms with E-state index in [0.29, 0.717) is 0 Å². The SMILES string of the molecule is c1csc(COCC2CCNCC2)c1. The van der Waals surface area contributed by atoms with Crippen LogP contribution in [-0.2, 0) is 11.3 Å². The molecule has 3 heteroatoms. The highest BCUT2D eigenvalue weighted by molar-refractivity contribution is 7.09. The minimum absolute atomic E-state index is 0.774. The lowest BCUT2D eigenvalue weighted by atomic mass is 9.99. The van der Waals surface area contributed by atoms with Crippen molar-refractivity contribution >= 4 is 11.3 Å². The average molecular weight is 211 g/mol. The largest absolute Gasteiger partial charge is 0.376 e. The Hall–Kier alpha value is -0.380. The molecule has 0 amide bonds. The lowest BCUT2D eigenvalue weighted by Gasteiger charge is -2.22. The van der Waals surface area contributed by atoms with Crippen LogP contribution in [0.5, 0.6) is 0 Å². The maximum atomic E-state index is 5.70. The Morgan fingerprint density at radius 1 is 1.43 bits per heavy atom. The molecular weight excluding hydrogens is 194 g/mol. The minimum atomic E-state index is 0.774. The molecule has 0 bridgehead atoms. The first-order chi connectivity index (χ1) is 6.95. The molecule has 1 fully saturated rings. The van der Waals surface area contributed by atoms with E-state index < -0.39 is 0 Å². The fraction of sp³-hybridized carbons (Fsp3) is 0.636. The van der Waals surface area contributed by atoms with Gasteiger partial charge in [-0.3, -0.25) is 0 Å². The predicted molar refractivity (Wildman–Crippen MR) is 59.6 cm³/mol. The van der Waals surface area contributed by atoms with Crippen molar-refractivity contribution in [1.82, 2.24) is 5.32 Å². The Balaban J connectivity index is 1.62. The summed E-state index contributed by atoms with van der Waals surface area (Å²) in [4.78, 5) is 1.33. The number of ether oxygens (including phenoxy) is 1. The third-order valence-electron chi connectivity index (χ3n) is 2.64. The molecule has 1 aliphatic heterocycles. The molecule has 78 valence electrons. The van der Waals surface area contributed by atoms with Crippen LogP contribution in [0.2, 0.25) is 0 Å². The first-order valence-corrected chi connectivity index (χ1v) is 6.14. The molecule has 1 aliphatic rings. The zero-order valence-electron chi connectivity index (χ0n) is 8.37. The van der Waals surface area contributed by atoms with Crippen LogP contribution >= 0.6 is 11.3 Å². The summed E-state index contributed by atoms with van der Waals surface area (Å²) in [7, 11) is 0. The normalized spacial score (nSPS) is 18.6. The summed E-state index contributed by atoms with van der Waals surface area (Å²) >= 11 is 1.77. The zero-order valence-corrected chi connectivity index (χ0v) is 9.19. The Bertz CT molecular complexity index is 242. The fourth-order valence-corrected chi connectivity index (χ4v) is 2.41. The number of thiophene rings is 1. The van der Waals surface area contributed by atoms with Gasteiger partial charge >= 0.3 is 0 Å². The van der Waals surface area contributed by atoms with Crippen LogP contribution in [0.25, 0.3) is 0 Å². The van der Waals surface area contributed by atoms with Gasteiger partial charge in [0.05, 0.1) is 6.61 Å². The summed E-state index contributed by atoms with van der Waals surface area (Å²) in [6.07, 6.45) is 2.54. The van der Waals surface area contributed by atoms with Gasteiger partial charge in [0.2, 0.25) is 0 Å². The van der Waals surface area contributed by atoms with Gasteiger partial charge in [-0.15, -0.1) is 11.3 Å². The van der Waals surface area contributed by atoms with Gasteiger partial charge in [-0.2, -0.15) is 0 Å². The Labute approximate surface area is 89.3 Å². The standard InChI is InChI=1S/C11H17NOS/c1-2-11(14-7-1)9-13-8-10-3-5-12-6-4-10/h1-2,7,10,12H,3-6,8-9H2. The third kappa shape index (κ3) is 3.08. The first-order valence-electron chi connectivity index (χ1n) is 5.26. The molecule has 0 saturated carbocycles. The van der Waals surface area contributed by atoms with Crippen molar-refractivity contribution in [2.45, 2.75) is 19.4 Å². The van der Waals surface area contributed by atoms with Gasteiger partial charge < -0.3 is 10.1 Å². The van der Waals surface area contributed by atoms with Gasteiger partial charge in [0.25, 0.3) is 0 Å². The van der Waals surface area contributed by atoms with E-state index >= 15 is 0 Å². The summed E-state index contributed by atoms with van der Waals surface area (Å²) < 4.78 is 5.70. The highest BCUT2D eigenvalue weighted by atomic mass is 32.1. The number of hydrogen-bond donors (Lipinski definition) is 1. The van der Waals surface area contributed by atoms with Crippen molar-refractivity contribution in [2.75, 3.05) is 19.7 Å². The van der Waals surface area contributed by atoms with Crippen molar-refractivity contribution in [3.05, 3.63) is 22.4 Å². The molecule has 1 N–H and O–H groups in total. The smallest absolute Gasteiger partial charge is 0.0809 e. The molecule has 0 atom stereocenters. The number of nitrogens with one attached hydrogen (secondary N) is 1. The van der Waals surface area contributed by atoms with E-state index in [-0.39, 0.29) is 0 Å². The van der Waals surface area contributed by atoms with Gasteiger partial charge in [0.1, 0.15) is 0 Å². The van der Waals surface area contributed by atoms with E-state index in [2.05, 4.69) is 22.8 Å². The van der Waals surface area contributed by atoms with Crippen molar-refractivity contribution < 1.29 is 4.74 Å². The summed E-state index contributed by atoms with van der Waals surface area (Å²) in [5.41, 5.74) is 0. The topological polar surface area (TPSA) is 21.3 Å². The number of hydrogen-bond acceptors (Lipinski definition) is 3. The first kappa shape index (κ1) is 10.1. The molecule has 0 unspecified atom stereocenters. The Morgan fingerprint density at radius 3 is 3.00 bits per heavy atom. The van der Waals surface area contributed by atoms with E-state index in [1.165, 1.54) is 17.7 Å². The van der Waals surface area contributed by atoms with E-state index in [1.54, 1.807) is 11.3 Å². The minimum Gasteiger partial charge on any atom is -0.376 e. The van der Waals surface area contributed by atoms with Crippen molar-refractivity contribution in [1.29, 1.82) is 0 Å². The zero-order chi connectivity index (χ0) is 9.64. The van der Waals surface area contributed by atoms with Crippen molar-refractivity contribution in [3.8, 4) is 0 Å². The van der Waals surface area contributed by atoms with Crippen LogP contribution in [0, 0.1) is 5.92 Å². The van der Waals surface area contributed by atoms with Crippen LogP contribution in [0.15, 0.2) is 17.5 Å². The van der Waals surface area contributed by atoms with Gasteiger partial charge in [0, 0.05) is 11.5 Å². The van der Waals surface area contributed by atoms with Crippen LogP contribution in [0.1, 0.15) is 17.7 Å². The van der Waals surface area contributed by atoms with Gasteiger partial charge in [-0.25, -0.2) is 0 Å². The van der Waals surface area contributed by atoms with Gasteiger partial charge in [0.15, 0.2) is 0 Å². The number of rotatable bonds is 4. The molecule has 2 nitrogen and oxygen atoms in total. The average Bonchev–Trinajstić information content (AvgIpc) is 2.72. The van der Waals surface area contributed by atoms with E-state index in [4.69, 9.17) is 4.74 Å². The maximum Gasteiger partial charge on any atom is 0.0809 e. The predicted octanol–water partition coefficient (Wildman–Crippen LogP) is 2.26. The molecule has 0 radical (unpaired) electrons. The van der Waals surface area contributed by atoms with Crippen LogP contribution in [0.4, 0.5) is 0 Å². The van der Waals surface area contributed by atoms with Crippen LogP contribution in [-0.4, -0.2) is 19.7 Å². The van der Waals surface area contributed by atoms with E-state index in [0.717, 1.165) is 32.2 Å². The molecule has 0 aromatic carbocycles. The Kier molecular flexibility index (Phi) is 3.98. The quantitative estimate of drug-likeness (QED) is 0.825. The second-order valence-corrected chi connectivity index (χ2v) is 4.82. The molecule has 14 heavy (non-hydrogen) atoms. The third-order valence-corrected chi connectivity index (χ3v) is 3.49. The summed E-state index contributed by atoms with van der Waals surface area (Å²) in [5.74, 6) is 0.774. The highest BCUT2D eigenvalue weighted by Gasteiger charge is 2.12. The van der Waals surface area contributed by atoms with Crippen molar-refractivity contribution in [2.24, 2.45) is 5.92 Å². The maximum absolute atomic E-state index is 5.70. The van der Waals surface area contributed by atoms with E-state index in [9.17, 15) is 0 Å². The molecule has 2 heterocycles. The number of piperidine rings is 1. The van der Waals surface area contributed by atoms with E-state index in [1.807, 2.05) is 0 Å².